The highest BCUT2D eigenvalue weighted by Gasteiger charge is 2.54. The van der Waals surface area contributed by atoms with Crippen molar-refractivity contribution in [3.63, 3.8) is 0 Å². The van der Waals surface area contributed by atoms with Crippen molar-refractivity contribution in [2.75, 3.05) is 0 Å². The van der Waals surface area contributed by atoms with Crippen molar-refractivity contribution in [1.82, 2.24) is 15.0 Å². The predicted molar refractivity (Wildman–Crippen MR) is 225 cm³/mol. The topological polar surface area (TPSA) is 51.8 Å². The molecule has 0 fully saturated rings. The summed E-state index contributed by atoms with van der Waals surface area (Å²) in [6.45, 7) is 0. The highest BCUT2D eigenvalue weighted by Crippen LogP contribution is 2.65. The molecule has 2 aromatic heterocycles. The number of hydrogen-bond donors (Lipinski definition) is 0. The van der Waals surface area contributed by atoms with Gasteiger partial charge in [-0.25, -0.2) is 15.0 Å². The van der Waals surface area contributed by atoms with E-state index in [0.717, 1.165) is 55.5 Å². The molecule has 260 valence electrons. The van der Waals surface area contributed by atoms with Gasteiger partial charge in [-0.2, -0.15) is 0 Å². The van der Waals surface area contributed by atoms with Gasteiger partial charge in [0.05, 0.1) is 5.41 Å². The summed E-state index contributed by atoms with van der Waals surface area (Å²) in [5.41, 5.74) is 14.2. The van der Waals surface area contributed by atoms with E-state index in [0.29, 0.717) is 17.5 Å². The first-order valence-electron chi connectivity index (χ1n) is 19.0. The molecule has 12 rings (SSSR count). The second-order valence-corrected chi connectivity index (χ2v) is 14.7. The molecule has 0 N–H and O–H groups in total. The van der Waals surface area contributed by atoms with Gasteiger partial charge in [-0.1, -0.05) is 164 Å². The third-order valence-electron chi connectivity index (χ3n) is 11.7. The zero-order chi connectivity index (χ0) is 36.8. The molecule has 4 nitrogen and oxygen atoms in total. The lowest BCUT2D eigenvalue weighted by Gasteiger charge is -2.30. The molecule has 0 saturated heterocycles. The summed E-state index contributed by atoms with van der Waals surface area (Å²) < 4.78 is 6.85. The van der Waals surface area contributed by atoms with Gasteiger partial charge in [0, 0.05) is 33.2 Å². The van der Waals surface area contributed by atoms with E-state index in [1.54, 1.807) is 0 Å². The molecule has 0 radical (unpaired) electrons. The van der Waals surface area contributed by atoms with Crippen LogP contribution < -0.4 is 0 Å². The number of furan rings is 1. The molecule has 0 aliphatic heterocycles. The zero-order valence-corrected chi connectivity index (χ0v) is 30.1. The fourth-order valence-electron chi connectivity index (χ4n) is 9.29. The molecule has 2 heterocycles. The molecule has 8 aromatic carbocycles. The smallest absolute Gasteiger partial charge is 0.164 e. The Morgan fingerprint density at radius 1 is 0.357 bits per heavy atom. The van der Waals surface area contributed by atoms with Gasteiger partial charge >= 0.3 is 0 Å². The Morgan fingerprint density at radius 2 is 0.911 bits per heavy atom. The molecule has 1 spiro atoms. The summed E-state index contributed by atoms with van der Waals surface area (Å²) in [6.07, 6.45) is 0. The van der Waals surface area contributed by atoms with E-state index < -0.39 is 5.41 Å². The van der Waals surface area contributed by atoms with Crippen molar-refractivity contribution >= 4 is 21.7 Å². The number of rotatable bonds is 4. The van der Waals surface area contributed by atoms with Crippen LogP contribution in [-0.2, 0) is 5.41 Å². The van der Waals surface area contributed by atoms with Gasteiger partial charge in [-0.15, -0.1) is 0 Å². The van der Waals surface area contributed by atoms with E-state index in [4.69, 9.17) is 19.4 Å². The van der Waals surface area contributed by atoms with Gasteiger partial charge in [0.1, 0.15) is 11.3 Å². The van der Waals surface area contributed by atoms with E-state index in [1.165, 1.54) is 38.8 Å². The number of benzene rings is 8. The summed E-state index contributed by atoms with van der Waals surface area (Å²) in [4.78, 5) is 15.2. The van der Waals surface area contributed by atoms with E-state index in [-0.39, 0.29) is 0 Å². The van der Waals surface area contributed by atoms with Crippen molar-refractivity contribution in [2.45, 2.75) is 5.41 Å². The highest BCUT2D eigenvalue weighted by atomic mass is 16.3. The minimum Gasteiger partial charge on any atom is -0.456 e. The first-order chi connectivity index (χ1) is 27.7. The van der Waals surface area contributed by atoms with Crippen LogP contribution >= 0.6 is 0 Å². The minimum absolute atomic E-state index is 0.483. The normalized spacial score (nSPS) is 13.1. The molecule has 0 atom stereocenters. The fraction of sp³-hybridized carbons (Fsp3) is 0.0192. The van der Waals surface area contributed by atoms with Gasteiger partial charge in [0.2, 0.25) is 0 Å². The van der Waals surface area contributed by atoms with Crippen molar-refractivity contribution in [1.29, 1.82) is 0 Å². The van der Waals surface area contributed by atoms with Crippen molar-refractivity contribution in [2.24, 2.45) is 0 Å². The number of para-hydroxylation sites is 1. The summed E-state index contributed by atoms with van der Waals surface area (Å²) >= 11 is 0. The molecule has 2 aliphatic carbocycles. The van der Waals surface area contributed by atoms with Crippen LogP contribution in [0.2, 0.25) is 0 Å². The molecule has 0 amide bonds. The maximum absolute atomic E-state index is 6.85. The average Bonchev–Trinajstić information content (AvgIpc) is 3.90. The third-order valence-corrected chi connectivity index (χ3v) is 11.7. The van der Waals surface area contributed by atoms with Crippen LogP contribution in [0.15, 0.2) is 192 Å². The largest absolute Gasteiger partial charge is 0.456 e. The van der Waals surface area contributed by atoms with Crippen LogP contribution in [0.5, 0.6) is 0 Å². The van der Waals surface area contributed by atoms with E-state index in [9.17, 15) is 0 Å². The summed E-state index contributed by atoms with van der Waals surface area (Å²) in [6, 6.07) is 66.6. The zero-order valence-electron chi connectivity index (χ0n) is 30.1. The molecular weight excluding hydrogens is 683 g/mol. The number of fused-ring (bicyclic) bond motifs is 13. The van der Waals surface area contributed by atoms with Gasteiger partial charge in [0.25, 0.3) is 0 Å². The van der Waals surface area contributed by atoms with Crippen molar-refractivity contribution in [3.8, 4) is 67.7 Å². The van der Waals surface area contributed by atoms with Crippen LogP contribution in [-0.4, -0.2) is 15.0 Å². The number of nitrogens with zero attached hydrogens (tertiary/aromatic N) is 3. The first kappa shape index (κ1) is 31.0. The average molecular weight is 714 g/mol. The third kappa shape index (κ3) is 4.38. The lowest BCUT2D eigenvalue weighted by molar-refractivity contribution is 0.628. The fourth-order valence-corrected chi connectivity index (χ4v) is 9.29. The summed E-state index contributed by atoms with van der Waals surface area (Å²) in [5.74, 6) is 2.85. The molecular formula is C52H31N3O. The molecule has 0 saturated carbocycles. The van der Waals surface area contributed by atoms with Crippen LogP contribution in [0.1, 0.15) is 22.3 Å². The van der Waals surface area contributed by atoms with Crippen molar-refractivity contribution < 1.29 is 4.42 Å². The van der Waals surface area contributed by atoms with E-state index >= 15 is 0 Å². The van der Waals surface area contributed by atoms with Crippen molar-refractivity contribution in [3.05, 3.63) is 210 Å². The summed E-state index contributed by atoms with van der Waals surface area (Å²) in [5, 5.41) is 3.48. The molecule has 56 heavy (non-hydrogen) atoms. The van der Waals surface area contributed by atoms with E-state index in [2.05, 4.69) is 158 Å². The van der Waals surface area contributed by atoms with E-state index in [1.807, 2.05) is 30.3 Å². The Kier molecular flexibility index (Phi) is 6.52. The SMILES string of the molecule is c1ccc(-c2nc(-c3cccc(-c4ccc5c(c4)-c4oc6ccccc6c4C54c5ccccc5-c5ccccc54)c3)nc(-c3ccc4ccccc4c3)n2)cc1. The standard InChI is InChI=1S/C52H31N3O/c1-2-14-33(15-3-1)49-53-50(55-51(54-49)38-26-25-32-13-4-5-16-34(32)29-38)37-18-12-17-35(30-37)36-27-28-45-42(31-36)48-47(41-21-8-11-24-46(41)56-48)52(45)43-22-9-6-19-39(43)40-20-7-10-23-44(40)52/h1-31H. The molecule has 4 heteroatoms. The number of hydrogen-bond acceptors (Lipinski definition) is 4. The first-order valence-corrected chi connectivity index (χ1v) is 19.0. The van der Waals surface area contributed by atoms with Gasteiger partial charge < -0.3 is 4.42 Å². The Hall–Kier alpha value is -7.43. The monoisotopic (exact) mass is 713 g/mol. The molecule has 0 unspecified atom stereocenters. The minimum atomic E-state index is -0.483. The Bertz CT molecular complexity index is 3170. The van der Waals surface area contributed by atoms with Crippen LogP contribution in [0.3, 0.4) is 0 Å². The second kappa shape index (κ2) is 11.8. The Labute approximate surface area is 323 Å². The lowest BCUT2D eigenvalue weighted by atomic mass is 9.70. The van der Waals surface area contributed by atoms with Crippen LogP contribution in [0.25, 0.3) is 89.5 Å². The maximum atomic E-state index is 6.85. The molecule has 10 aromatic rings. The molecule has 2 aliphatic rings. The highest BCUT2D eigenvalue weighted by molar-refractivity contribution is 6.02. The van der Waals surface area contributed by atoms with Crippen LogP contribution in [0.4, 0.5) is 0 Å². The van der Waals surface area contributed by atoms with Crippen LogP contribution in [0, 0.1) is 0 Å². The quantitative estimate of drug-likeness (QED) is 0.182. The second-order valence-electron chi connectivity index (χ2n) is 14.7. The van der Waals surface area contributed by atoms with Gasteiger partial charge in [-0.05, 0) is 74.0 Å². The van der Waals surface area contributed by atoms with Gasteiger partial charge in [-0.3, -0.25) is 0 Å². The molecule has 0 bridgehead atoms. The van der Waals surface area contributed by atoms with Gasteiger partial charge in [0.15, 0.2) is 17.5 Å². The lowest BCUT2D eigenvalue weighted by Crippen LogP contribution is -2.25. The Balaban J connectivity index is 1.03. The predicted octanol–water partition coefficient (Wildman–Crippen LogP) is 12.8. The number of aromatic nitrogens is 3. The Morgan fingerprint density at radius 3 is 1.70 bits per heavy atom. The maximum Gasteiger partial charge on any atom is 0.164 e. The summed E-state index contributed by atoms with van der Waals surface area (Å²) in [7, 11) is 0.